The van der Waals surface area contributed by atoms with Crippen LogP contribution in [0.15, 0.2) is 24.2 Å². The highest BCUT2D eigenvalue weighted by Gasteiger charge is 2.27. The summed E-state index contributed by atoms with van der Waals surface area (Å²) < 4.78 is 22.7. The average Bonchev–Trinajstić information content (AvgIpc) is 3.21. The summed E-state index contributed by atoms with van der Waals surface area (Å²) in [5.74, 6) is 0.667. The lowest BCUT2D eigenvalue weighted by Crippen LogP contribution is -2.44. The zero-order chi connectivity index (χ0) is 20.2. The lowest BCUT2D eigenvalue weighted by Gasteiger charge is -2.29. The zero-order valence-corrected chi connectivity index (χ0v) is 17.5. The Bertz CT molecular complexity index is 907. The van der Waals surface area contributed by atoms with E-state index in [1.807, 2.05) is 19.1 Å². The quantitative estimate of drug-likeness (QED) is 0.710. The minimum Gasteiger partial charge on any atom is -0.494 e. The molecular formula is C20H25N3O5S. The molecule has 0 N–H and O–H groups in total. The Morgan fingerprint density at radius 3 is 2.83 bits per heavy atom. The number of benzene rings is 1. The third kappa shape index (κ3) is 4.31. The summed E-state index contributed by atoms with van der Waals surface area (Å²) in [6.07, 6.45) is 1.40. The third-order valence-corrected chi connectivity index (χ3v) is 6.21. The second-order valence-electron chi connectivity index (χ2n) is 6.87. The van der Waals surface area contributed by atoms with Gasteiger partial charge in [0.1, 0.15) is 30.7 Å². The van der Waals surface area contributed by atoms with Crippen LogP contribution < -0.4 is 9.64 Å². The molecule has 0 aliphatic carbocycles. The van der Waals surface area contributed by atoms with Crippen LogP contribution in [0.25, 0.3) is 10.2 Å². The van der Waals surface area contributed by atoms with Crippen molar-refractivity contribution in [2.45, 2.75) is 6.92 Å². The molecule has 1 aromatic carbocycles. The SMILES string of the molecule is COc1ccc(C)c2sc(N(CCN3CCOCC3)C(=O)C3=COCCO3)nc12. The van der Waals surface area contributed by atoms with E-state index in [1.165, 1.54) is 17.6 Å². The van der Waals surface area contributed by atoms with Gasteiger partial charge in [0.25, 0.3) is 5.91 Å². The number of thiazole rings is 1. The summed E-state index contributed by atoms with van der Waals surface area (Å²) in [6.45, 7) is 7.22. The summed E-state index contributed by atoms with van der Waals surface area (Å²) in [5.41, 5.74) is 1.87. The van der Waals surface area contributed by atoms with E-state index in [1.54, 1.807) is 12.0 Å². The Morgan fingerprint density at radius 1 is 1.28 bits per heavy atom. The van der Waals surface area contributed by atoms with Crippen molar-refractivity contribution in [1.82, 2.24) is 9.88 Å². The molecule has 0 bridgehead atoms. The lowest BCUT2D eigenvalue weighted by molar-refractivity contribution is -0.119. The van der Waals surface area contributed by atoms with Gasteiger partial charge in [-0.1, -0.05) is 17.4 Å². The number of morpholine rings is 1. The minimum atomic E-state index is -0.242. The normalized spacial score (nSPS) is 17.4. The van der Waals surface area contributed by atoms with Crippen molar-refractivity contribution >= 4 is 32.6 Å². The van der Waals surface area contributed by atoms with Gasteiger partial charge in [0.15, 0.2) is 5.13 Å². The summed E-state index contributed by atoms with van der Waals surface area (Å²) in [7, 11) is 1.63. The molecule has 4 rings (SSSR count). The summed E-state index contributed by atoms with van der Waals surface area (Å²) in [4.78, 5) is 22.0. The maximum absolute atomic E-state index is 13.2. The number of fused-ring (bicyclic) bond motifs is 1. The number of carbonyl (C=O) groups is 1. The first-order valence-corrected chi connectivity index (χ1v) is 10.5. The summed E-state index contributed by atoms with van der Waals surface area (Å²) >= 11 is 1.49. The molecule has 1 aromatic heterocycles. The number of methoxy groups -OCH3 is 1. The number of anilines is 1. The first-order chi connectivity index (χ1) is 14.2. The fraction of sp³-hybridized carbons (Fsp3) is 0.500. The molecular weight excluding hydrogens is 394 g/mol. The molecule has 1 fully saturated rings. The van der Waals surface area contributed by atoms with E-state index in [0.29, 0.717) is 43.9 Å². The molecule has 8 nitrogen and oxygen atoms in total. The standard InChI is InChI=1S/C20H25N3O5S/c1-14-3-4-15(25-2)17-18(14)29-20(21-17)23(6-5-22-7-9-26-10-8-22)19(24)16-13-27-11-12-28-16/h3-4,13H,5-12H2,1-2H3. The molecule has 0 radical (unpaired) electrons. The molecule has 2 aromatic rings. The van der Waals surface area contributed by atoms with Gasteiger partial charge in [0.05, 0.1) is 25.0 Å². The van der Waals surface area contributed by atoms with Gasteiger partial charge in [0.2, 0.25) is 5.76 Å². The summed E-state index contributed by atoms with van der Waals surface area (Å²) in [5, 5.41) is 0.626. The fourth-order valence-corrected chi connectivity index (χ4v) is 4.42. The van der Waals surface area contributed by atoms with Crippen molar-refractivity contribution < 1.29 is 23.7 Å². The maximum atomic E-state index is 13.2. The third-order valence-electron chi connectivity index (χ3n) is 4.99. The predicted molar refractivity (Wildman–Crippen MR) is 111 cm³/mol. The van der Waals surface area contributed by atoms with Crippen LogP contribution in [0.4, 0.5) is 5.13 Å². The molecule has 3 heterocycles. The second kappa shape index (κ2) is 8.98. The largest absolute Gasteiger partial charge is 0.494 e. The van der Waals surface area contributed by atoms with Gasteiger partial charge in [0, 0.05) is 26.2 Å². The van der Waals surface area contributed by atoms with Crippen LogP contribution in [0.1, 0.15) is 5.56 Å². The van der Waals surface area contributed by atoms with Gasteiger partial charge in [-0.05, 0) is 18.6 Å². The Labute approximate surface area is 173 Å². The summed E-state index contributed by atoms with van der Waals surface area (Å²) in [6, 6.07) is 3.91. The molecule has 0 spiro atoms. The first kappa shape index (κ1) is 19.9. The van der Waals surface area contributed by atoms with Gasteiger partial charge >= 0.3 is 0 Å². The highest BCUT2D eigenvalue weighted by molar-refractivity contribution is 7.22. The number of aromatic nitrogens is 1. The van der Waals surface area contributed by atoms with Crippen molar-refractivity contribution in [3.8, 4) is 5.75 Å². The van der Waals surface area contributed by atoms with Gasteiger partial charge < -0.3 is 18.9 Å². The zero-order valence-electron chi connectivity index (χ0n) is 16.7. The predicted octanol–water partition coefficient (Wildman–Crippen LogP) is 2.17. The lowest BCUT2D eigenvalue weighted by atomic mass is 10.2. The number of amides is 1. The molecule has 1 amide bonds. The Balaban J connectivity index is 1.65. The van der Waals surface area contributed by atoms with Gasteiger partial charge in [-0.2, -0.15) is 0 Å². The number of nitrogens with zero attached hydrogens (tertiary/aromatic N) is 3. The molecule has 29 heavy (non-hydrogen) atoms. The van der Waals surface area contributed by atoms with E-state index in [2.05, 4.69) is 4.90 Å². The van der Waals surface area contributed by atoms with Gasteiger partial charge in [-0.25, -0.2) is 4.98 Å². The highest BCUT2D eigenvalue weighted by atomic mass is 32.1. The molecule has 0 saturated carbocycles. The van der Waals surface area contributed by atoms with Crippen molar-refractivity contribution in [3.05, 3.63) is 29.7 Å². The number of ether oxygens (including phenoxy) is 4. The van der Waals surface area contributed by atoms with Crippen molar-refractivity contribution in [1.29, 1.82) is 0 Å². The van der Waals surface area contributed by atoms with E-state index in [0.717, 1.165) is 35.4 Å². The van der Waals surface area contributed by atoms with Gasteiger partial charge in [-0.3, -0.25) is 14.6 Å². The molecule has 1 saturated heterocycles. The van der Waals surface area contributed by atoms with Gasteiger partial charge in [-0.15, -0.1) is 0 Å². The Morgan fingerprint density at radius 2 is 2.10 bits per heavy atom. The highest BCUT2D eigenvalue weighted by Crippen LogP contribution is 2.36. The molecule has 0 unspecified atom stereocenters. The van der Waals surface area contributed by atoms with Crippen LogP contribution in [0.2, 0.25) is 0 Å². The maximum Gasteiger partial charge on any atom is 0.298 e. The number of rotatable bonds is 6. The van der Waals surface area contributed by atoms with E-state index in [4.69, 9.17) is 23.9 Å². The molecule has 2 aliphatic heterocycles. The Hall–Kier alpha value is -2.36. The van der Waals surface area contributed by atoms with E-state index < -0.39 is 0 Å². The van der Waals surface area contributed by atoms with Crippen molar-refractivity contribution in [3.63, 3.8) is 0 Å². The molecule has 156 valence electrons. The van der Waals surface area contributed by atoms with Crippen LogP contribution >= 0.6 is 11.3 Å². The van der Waals surface area contributed by atoms with Crippen LogP contribution in [0, 0.1) is 6.92 Å². The number of aryl methyl sites for hydroxylation is 1. The Kier molecular flexibility index (Phi) is 6.17. The van der Waals surface area contributed by atoms with Crippen molar-refractivity contribution in [2.24, 2.45) is 0 Å². The number of hydrogen-bond donors (Lipinski definition) is 0. The molecule has 9 heteroatoms. The van der Waals surface area contributed by atoms with Crippen molar-refractivity contribution in [2.75, 3.05) is 64.6 Å². The van der Waals surface area contributed by atoms with E-state index in [-0.39, 0.29) is 11.7 Å². The second-order valence-corrected chi connectivity index (χ2v) is 7.85. The van der Waals surface area contributed by atoms with E-state index in [9.17, 15) is 4.79 Å². The minimum absolute atomic E-state index is 0.209. The van der Waals surface area contributed by atoms with E-state index >= 15 is 0 Å². The smallest absolute Gasteiger partial charge is 0.298 e. The van der Waals surface area contributed by atoms with Crippen LogP contribution in [-0.2, 0) is 19.0 Å². The fourth-order valence-electron chi connectivity index (χ4n) is 3.34. The molecule has 2 aliphatic rings. The number of carbonyl (C=O) groups excluding carboxylic acids is 1. The van der Waals surface area contributed by atoms with Crippen LogP contribution in [-0.4, -0.2) is 75.5 Å². The number of hydrogen-bond acceptors (Lipinski definition) is 8. The molecule has 0 atom stereocenters. The first-order valence-electron chi connectivity index (χ1n) is 9.68. The average molecular weight is 420 g/mol. The topological polar surface area (TPSA) is 73.4 Å². The van der Waals surface area contributed by atoms with Crippen LogP contribution in [0.3, 0.4) is 0 Å². The monoisotopic (exact) mass is 419 g/mol. The van der Waals surface area contributed by atoms with Crippen LogP contribution in [0.5, 0.6) is 5.75 Å².